The van der Waals surface area contributed by atoms with Crippen molar-refractivity contribution in [3.05, 3.63) is 21.3 Å². The first-order valence-electron chi connectivity index (χ1n) is 2.55. The molecular weight excluding hydrogens is 235 g/mol. The molecule has 0 fully saturated rings. The summed E-state index contributed by atoms with van der Waals surface area (Å²) >= 11 is 10.6. The van der Waals surface area contributed by atoms with Gasteiger partial charge in [0.25, 0.3) is 0 Å². The van der Waals surface area contributed by atoms with E-state index in [1.807, 2.05) is 16.0 Å². The zero-order chi connectivity index (χ0) is 7.14. The lowest BCUT2D eigenvalue weighted by Gasteiger charge is -1.82. The summed E-state index contributed by atoms with van der Waals surface area (Å²) in [7, 11) is 0. The Kier molecular flexibility index (Phi) is 1.47. The molecule has 0 aliphatic heterocycles. The lowest BCUT2D eigenvalue weighted by atomic mass is 10.9. The summed E-state index contributed by atoms with van der Waals surface area (Å²) in [6.45, 7) is 0. The first-order valence-corrected chi connectivity index (χ1v) is 4.60. The van der Waals surface area contributed by atoms with E-state index in [0.29, 0.717) is 5.15 Å². The summed E-state index contributed by atoms with van der Waals surface area (Å²) in [5.41, 5.74) is 0. The van der Waals surface area contributed by atoms with Gasteiger partial charge in [0.1, 0.15) is 4.60 Å². The molecule has 2 rings (SSSR count). The molecule has 5 heteroatoms. The Morgan fingerprint density at radius 3 is 3.20 bits per heavy atom. The summed E-state index contributed by atoms with van der Waals surface area (Å²) in [6.07, 6.45) is 1.92. The number of fused-ring (bicyclic) bond motifs is 1. The molecule has 0 radical (unpaired) electrons. The third-order valence-corrected chi connectivity index (χ3v) is 3.17. The number of rotatable bonds is 0. The molecule has 0 saturated heterocycles. The van der Waals surface area contributed by atoms with Crippen LogP contribution in [0.15, 0.2) is 16.2 Å². The highest BCUT2D eigenvalue weighted by atomic mass is 79.9. The van der Waals surface area contributed by atoms with Gasteiger partial charge < -0.3 is 0 Å². The molecular formula is C5H2BrClN2S. The van der Waals surface area contributed by atoms with Crippen LogP contribution >= 0.6 is 38.9 Å². The first-order chi connectivity index (χ1) is 4.79. The highest BCUT2D eigenvalue weighted by molar-refractivity contribution is 9.10. The maximum Gasteiger partial charge on any atom is 0.196 e. The van der Waals surface area contributed by atoms with E-state index in [1.54, 1.807) is 11.3 Å². The minimum absolute atomic E-state index is 0.520. The Bertz CT molecular complexity index is 366. The van der Waals surface area contributed by atoms with Gasteiger partial charge in [-0.05, 0) is 15.9 Å². The van der Waals surface area contributed by atoms with E-state index in [9.17, 15) is 0 Å². The van der Waals surface area contributed by atoms with Gasteiger partial charge in [-0.3, -0.25) is 4.40 Å². The molecule has 0 saturated carbocycles. The molecule has 0 aliphatic carbocycles. The average molecular weight is 238 g/mol. The number of hydrogen-bond acceptors (Lipinski definition) is 2. The molecule has 0 bridgehead atoms. The van der Waals surface area contributed by atoms with Crippen LogP contribution in [-0.4, -0.2) is 9.38 Å². The van der Waals surface area contributed by atoms with Crippen LogP contribution in [0.3, 0.4) is 0 Å². The molecule has 0 amide bonds. The van der Waals surface area contributed by atoms with Crippen LogP contribution in [0, 0.1) is 0 Å². The predicted molar refractivity (Wildman–Crippen MR) is 45.8 cm³/mol. The summed E-state index contributed by atoms with van der Waals surface area (Å²) in [5.74, 6) is 0. The van der Waals surface area contributed by atoms with Crippen LogP contribution < -0.4 is 0 Å². The van der Waals surface area contributed by atoms with Gasteiger partial charge in [-0.25, -0.2) is 4.98 Å². The van der Waals surface area contributed by atoms with Gasteiger partial charge >= 0.3 is 0 Å². The van der Waals surface area contributed by atoms with Gasteiger partial charge in [-0.15, -0.1) is 11.3 Å². The Balaban J connectivity index is 2.95. The van der Waals surface area contributed by atoms with E-state index in [4.69, 9.17) is 11.6 Å². The maximum atomic E-state index is 5.72. The highest BCUT2D eigenvalue weighted by Crippen LogP contribution is 2.25. The minimum atomic E-state index is 0.520. The van der Waals surface area contributed by atoms with E-state index in [0.717, 1.165) is 9.56 Å². The molecule has 2 aromatic heterocycles. The molecule has 0 aromatic carbocycles. The molecule has 0 unspecified atom stereocenters. The van der Waals surface area contributed by atoms with Gasteiger partial charge in [-0.2, -0.15) is 0 Å². The molecule has 2 nitrogen and oxygen atoms in total. The largest absolute Gasteiger partial charge is 0.283 e. The van der Waals surface area contributed by atoms with Gasteiger partial charge in [0.05, 0.1) is 0 Å². The van der Waals surface area contributed by atoms with E-state index in [1.165, 1.54) is 0 Å². The van der Waals surface area contributed by atoms with E-state index in [2.05, 4.69) is 20.9 Å². The SMILES string of the molecule is Clc1nc2sccn2c1Br. The third-order valence-electron chi connectivity index (χ3n) is 1.16. The molecule has 0 aliphatic rings. The summed E-state index contributed by atoms with van der Waals surface area (Å²) in [6, 6.07) is 0. The van der Waals surface area contributed by atoms with Crippen molar-refractivity contribution < 1.29 is 0 Å². The fraction of sp³-hybridized carbons (Fsp3) is 0. The first kappa shape index (κ1) is 6.64. The number of hydrogen-bond donors (Lipinski definition) is 0. The molecule has 2 aromatic rings. The molecule has 0 spiro atoms. The minimum Gasteiger partial charge on any atom is -0.283 e. The van der Waals surface area contributed by atoms with Crippen LogP contribution in [0.5, 0.6) is 0 Å². The van der Waals surface area contributed by atoms with E-state index in [-0.39, 0.29) is 0 Å². The van der Waals surface area contributed by atoms with Crippen molar-refractivity contribution >= 4 is 43.8 Å². The number of aromatic nitrogens is 2. The Morgan fingerprint density at radius 2 is 2.50 bits per heavy atom. The third kappa shape index (κ3) is 0.794. The molecule has 10 heavy (non-hydrogen) atoms. The van der Waals surface area contributed by atoms with Gasteiger partial charge in [0.15, 0.2) is 10.1 Å². The monoisotopic (exact) mass is 236 g/mol. The van der Waals surface area contributed by atoms with Crippen molar-refractivity contribution in [1.82, 2.24) is 9.38 Å². The van der Waals surface area contributed by atoms with Crippen LogP contribution in [0.2, 0.25) is 5.15 Å². The van der Waals surface area contributed by atoms with Crippen molar-refractivity contribution in [3.8, 4) is 0 Å². The maximum absolute atomic E-state index is 5.72. The quantitative estimate of drug-likeness (QED) is 0.689. The average Bonchev–Trinajstić information content (AvgIpc) is 2.41. The number of halogens is 2. The molecule has 0 atom stereocenters. The Hall–Kier alpha value is -0.0600. The summed E-state index contributed by atoms with van der Waals surface area (Å²) < 4.78 is 2.72. The molecule has 0 N–H and O–H groups in total. The van der Waals surface area contributed by atoms with E-state index >= 15 is 0 Å². The summed E-state index contributed by atoms with van der Waals surface area (Å²) in [4.78, 5) is 4.99. The van der Waals surface area contributed by atoms with E-state index < -0.39 is 0 Å². The second kappa shape index (κ2) is 2.22. The molecule has 52 valence electrons. The normalized spacial score (nSPS) is 11.0. The van der Waals surface area contributed by atoms with Crippen LogP contribution in [0.25, 0.3) is 4.96 Å². The predicted octanol–water partition coefficient (Wildman–Crippen LogP) is 2.81. The lowest BCUT2D eigenvalue weighted by Crippen LogP contribution is -1.72. The van der Waals surface area contributed by atoms with Crippen molar-refractivity contribution in [2.24, 2.45) is 0 Å². The Labute approximate surface area is 74.6 Å². The fourth-order valence-electron chi connectivity index (χ4n) is 0.732. The number of nitrogens with zero attached hydrogens (tertiary/aromatic N) is 2. The summed E-state index contributed by atoms with van der Waals surface area (Å²) in [5, 5.41) is 2.48. The second-order valence-corrected chi connectivity index (χ2v) is 3.73. The zero-order valence-electron chi connectivity index (χ0n) is 4.71. The van der Waals surface area contributed by atoms with Crippen molar-refractivity contribution in [2.45, 2.75) is 0 Å². The number of imidazole rings is 1. The van der Waals surface area contributed by atoms with Gasteiger partial charge in [-0.1, -0.05) is 11.6 Å². The van der Waals surface area contributed by atoms with Gasteiger partial charge in [0.2, 0.25) is 0 Å². The Morgan fingerprint density at radius 1 is 1.70 bits per heavy atom. The van der Waals surface area contributed by atoms with Crippen molar-refractivity contribution in [3.63, 3.8) is 0 Å². The lowest BCUT2D eigenvalue weighted by molar-refractivity contribution is 1.19. The number of thiazole rings is 1. The van der Waals surface area contributed by atoms with Crippen molar-refractivity contribution in [2.75, 3.05) is 0 Å². The van der Waals surface area contributed by atoms with Crippen molar-refractivity contribution in [1.29, 1.82) is 0 Å². The topological polar surface area (TPSA) is 17.3 Å². The highest BCUT2D eigenvalue weighted by Gasteiger charge is 2.06. The smallest absolute Gasteiger partial charge is 0.196 e. The van der Waals surface area contributed by atoms with Crippen LogP contribution in [0.1, 0.15) is 0 Å². The fourth-order valence-corrected chi connectivity index (χ4v) is 2.16. The van der Waals surface area contributed by atoms with Crippen LogP contribution in [-0.2, 0) is 0 Å². The van der Waals surface area contributed by atoms with Gasteiger partial charge in [0, 0.05) is 11.6 Å². The zero-order valence-corrected chi connectivity index (χ0v) is 7.87. The molecule has 2 heterocycles. The standard InChI is InChI=1S/C5H2BrClN2S/c6-3-4(7)8-5-9(3)1-2-10-5/h1-2H. The second-order valence-electron chi connectivity index (χ2n) is 1.75. The van der Waals surface area contributed by atoms with Crippen LogP contribution in [0.4, 0.5) is 0 Å².